The molecule has 1 aromatic carbocycles. The second-order valence-electron chi connectivity index (χ2n) is 3.18. The van der Waals surface area contributed by atoms with Crippen LogP contribution in [0.5, 0.6) is 5.75 Å². The molecule has 4 nitrogen and oxygen atoms in total. The van der Waals surface area contributed by atoms with Crippen LogP contribution in [0.15, 0.2) is 29.3 Å². The van der Waals surface area contributed by atoms with Gasteiger partial charge in [-0.15, -0.1) is 0 Å². The lowest BCUT2D eigenvalue weighted by molar-refractivity contribution is -0.0497. The van der Waals surface area contributed by atoms with Crippen LogP contribution >= 0.6 is 10.7 Å². The fourth-order valence-corrected chi connectivity index (χ4v) is 2.48. The van der Waals surface area contributed by atoms with Crippen LogP contribution in [0.25, 0.3) is 10.9 Å². The summed E-state index contributed by atoms with van der Waals surface area (Å²) in [6.45, 7) is -2.93. The standard InChI is InChI=1S/C9H6ClF2NO3S/c10-17(14,15)8-4-13-7-3-5(16-9(11)12)1-2-6(7)8/h1-4,9,13H. The predicted octanol–water partition coefficient (Wildman–Crippen LogP) is 2.70. The van der Waals surface area contributed by atoms with Crippen molar-refractivity contribution in [1.29, 1.82) is 0 Å². The van der Waals surface area contributed by atoms with Crippen LogP contribution in [0.4, 0.5) is 8.78 Å². The average molecular weight is 282 g/mol. The molecule has 2 aromatic rings. The molecule has 0 radical (unpaired) electrons. The van der Waals surface area contributed by atoms with Gasteiger partial charge in [0.25, 0.3) is 9.05 Å². The molecule has 0 aliphatic rings. The van der Waals surface area contributed by atoms with Crippen molar-refractivity contribution in [3.8, 4) is 5.75 Å². The third-order valence-corrected chi connectivity index (χ3v) is 3.46. The molecule has 0 aliphatic heterocycles. The van der Waals surface area contributed by atoms with Gasteiger partial charge in [-0.05, 0) is 12.1 Å². The molecule has 17 heavy (non-hydrogen) atoms. The first kappa shape index (κ1) is 12.1. The maximum Gasteiger partial charge on any atom is 0.387 e. The monoisotopic (exact) mass is 281 g/mol. The number of alkyl halides is 2. The Labute approximate surface area is 99.6 Å². The van der Waals surface area contributed by atoms with Gasteiger partial charge in [0.2, 0.25) is 0 Å². The Morgan fingerprint density at radius 3 is 2.65 bits per heavy atom. The Kier molecular flexibility index (Phi) is 2.96. The van der Waals surface area contributed by atoms with Crippen molar-refractivity contribution in [2.45, 2.75) is 11.5 Å². The van der Waals surface area contributed by atoms with Crippen molar-refractivity contribution in [1.82, 2.24) is 4.98 Å². The highest BCUT2D eigenvalue weighted by Crippen LogP contribution is 2.28. The van der Waals surface area contributed by atoms with Crippen LogP contribution in [0.3, 0.4) is 0 Å². The number of nitrogens with one attached hydrogen (secondary N) is 1. The molecule has 0 saturated heterocycles. The molecule has 0 unspecified atom stereocenters. The molecule has 1 heterocycles. The molecule has 0 bridgehead atoms. The highest BCUT2D eigenvalue weighted by Gasteiger charge is 2.16. The normalized spacial score (nSPS) is 12.2. The summed E-state index contributed by atoms with van der Waals surface area (Å²) < 4.78 is 50.4. The molecule has 2 rings (SSSR count). The number of ether oxygens (including phenoxy) is 1. The van der Waals surface area contributed by atoms with Crippen molar-refractivity contribution in [3.05, 3.63) is 24.4 Å². The summed E-state index contributed by atoms with van der Waals surface area (Å²) in [5, 5.41) is 0.321. The summed E-state index contributed by atoms with van der Waals surface area (Å²) in [6.07, 6.45) is 1.19. The zero-order valence-corrected chi connectivity index (χ0v) is 9.73. The highest BCUT2D eigenvalue weighted by molar-refractivity contribution is 8.14. The van der Waals surface area contributed by atoms with E-state index in [9.17, 15) is 17.2 Å². The summed E-state index contributed by atoms with van der Waals surface area (Å²) in [4.78, 5) is 2.52. The molecule has 1 aromatic heterocycles. The maximum atomic E-state index is 12.0. The lowest BCUT2D eigenvalue weighted by Gasteiger charge is -2.03. The largest absolute Gasteiger partial charge is 0.435 e. The summed E-state index contributed by atoms with van der Waals surface area (Å²) in [5.41, 5.74) is 0.349. The molecule has 0 spiro atoms. The van der Waals surface area contributed by atoms with Crippen LogP contribution in [-0.4, -0.2) is 20.0 Å². The molecular formula is C9H6ClF2NO3S. The molecule has 0 amide bonds. The van der Waals surface area contributed by atoms with Crippen LogP contribution in [0, 0.1) is 0 Å². The Balaban J connectivity index is 2.52. The quantitative estimate of drug-likeness (QED) is 0.880. The second kappa shape index (κ2) is 4.15. The fraction of sp³-hybridized carbons (Fsp3) is 0.111. The van der Waals surface area contributed by atoms with Gasteiger partial charge < -0.3 is 9.72 Å². The van der Waals surface area contributed by atoms with E-state index in [4.69, 9.17) is 10.7 Å². The molecule has 0 fully saturated rings. The van der Waals surface area contributed by atoms with Gasteiger partial charge in [-0.3, -0.25) is 0 Å². The zero-order valence-electron chi connectivity index (χ0n) is 8.15. The van der Waals surface area contributed by atoms with E-state index in [0.29, 0.717) is 10.9 Å². The lowest BCUT2D eigenvalue weighted by Crippen LogP contribution is -2.01. The molecule has 0 atom stereocenters. The van der Waals surface area contributed by atoms with Crippen LogP contribution in [0.1, 0.15) is 0 Å². The number of rotatable bonds is 3. The van der Waals surface area contributed by atoms with Crippen LogP contribution in [-0.2, 0) is 9.05 Å². The van der Waals surface area contributed by atoms with Crippen LogP contribution in [0.2, 0.25) is 0 Å². The number of hydrogen-bond donors (Lipinski definition) is 1. The zero-order chi connectivity index (χ0) is 12.6. The Hall–Kier alpha value is -1.34. The van der Waals surface area contributed by atoms with Gasteiger partial charge in [0, 0.05) is 28.3 Å². The topological polar surface area (TPSA) is 59.2 Å². The van der Waals surface area contributed by atoms with E-state index in [1.165, 1.54) is 24.4 Å². The fourth-order valence-electron chi connectivity index (χ4n) is 1.46. The first-order valence-corrected chi connectivity index (χ1v) is 6.69. The van der Waals surface area contributed by atoms with Gasteiger partial charge >= 0.3 is 6.61 Å². The number of hydrogen-bond acceptors (Lipinski definition) is 3. The van der Waals surface area contributed by atoms with E-state index in [0.717, 1.165) is 0 Å². The van der Waals surface area contributed by atoms with E-state index in [1.807, 2.05) is 0 Å². The second-order valence-corrected chi connectivity index (χ2v) is 5.71. The minimum atomic E-state index is -3.87. The number of aromatic nitrogens is 1. The summed E-state index contributed by atoms with van der Waals surface area (Å²) in [6, 6.07) is 3.86. The van der Waals surface area contributed by atoms with E-state index >= 15 is 0 Å². The molecular weight excluding hydrogens is 276 g/mol. The van der Waals surface area contributed by atoms with Crippen LogP contribution < -0.4 is 4.74 Å². The van der Waals surface area contributed by atoms with Gasteiger partial charge in [0.05, 0.1) is 5.52 Å². The SMILES string of the molecule is O=S(=O)(Cl)c1c[nH]c2cc(OC(F)F)ccc12. The number of halogens is 3. The van der Waals surface area contributed by atoms with Crippen molar-refractivity contribution in [2.24, 2.45) is 0 Å². The number of benzene rings is 1. The van der Waals surface area contributed by atoms with E-state index in [1.54, 1.807) is 0 Å². The first-order valence-electron chi connectivity index (χ1n) is 4.38. The first-order chi connectivity index (χ1) is 7.88. The van der Waals surface area contributed by atoms with Crippen molar-refractivity contribution in [3.63, 3.8) is 0 Å². The number of H-pyrrole nitrogens is 1. The summed E-state index contributed by atoms with van der Waals surface area (Å²) in [5.74, 6) is -0.0622. The van der Waals surface area contributed by atoms with Gasteiger partial charge in [0.15, 0.2) is 0 Å². The van der Waals surface area contributed by atoms with Crippen molar-refractivity contribution < 1.29 is 21.9 Å². The molecule has 8 heteroatoms. The Bertz CT molecular complexity index is 653. The van der Waals surface area contributed by atoms with Crippen molar-refractivity contribution in [2.75, 3.05) is 0 Å². The minimum Gasteiger partial charge on any atom is -0.435 e. The maximum absolute atomic E-state index is 12.0. The smallest absolute Gasteiger partial charge is 0.387 e. The van der Waals surface area contributed by atoms with Gasteiger partial charge in [-0.2, -0.15) is 8.78 Å². The third-order valence-electron chi connectivity index (χ3n) is 2.10. The van der Waals surface area contributed by atoms with Crippen molar-refractivity contribution >= 4 is 30.6 Å². The van der Waals surface area contributed by atoms with E-state index < -0.39 is 15.7 Å². The summed E-state index contributed by atoms with van der Waals surface area (Å²) in [7, 11) is 1.33. The molecule has 1 N–H and O–H groups in total. The van der Waals surface area contributed by atoms with E-state index in [2.05, 4.69) is 9.72 Å². The van der Waals surface area contributed by atoms with Gasteiger partial charge in [0.1, 0.15) is 10.6 Å². The summed E-state index contributed by atoms with van der Waals surface area (Å²) >= 11 is 0. The Morgan fingerprint density at radius 2 is 2.06 bits per heavy atom. The highest BCUT2D eigenvalue weighted by atomic mass is 35.7. The van der Waals surface area contributed by atoms with Gasteiger partial charge in [-0.25, -0.2) is 8.42 Å². The number of aromatic amines is 1. The molecule has 0 aliphatic carbocycles. The van der Waals surface area contributed by atoms with Gasteiger partial charge in [-0.1, -0.05) is 0 Å². The predicted molar refractivity (Wildman–Crippen MR) is 58.0 cm³/mol. The average Bonchev–Trinajstić information content (AvgIpc) is 2.58. The minimum absolute atomic E-state index is 0.0622. The third kappa shape index (κ3) is 2.50. The van der Waals surface area contributed by atoms with E-state index in [-0.39, 0.29) is 10.6 Å². The lowest BCUT2D eigenvalue weighted by atomic mass is 10.2. The molecule has 92 valence electrons. The number of fused-ring (bicyclic) bond motifs is 1. The Morgan fingerprint density at radius 1 is 1.35 bits per heavy atom. The molecule has 0 saturated carbocycles.